The first kappa shape index (κ1) is 23.4. The Balaban J connectivity index is 1.63. The highest BCUT2D eigenvalue weighted by Gasteiger charge is 2.31. The Morgan fingerprint density at radius 3 is 2.22 bits per heavy atom. The Morgan fingerprint density at radius 1 is 1.16 bits per heavy atom. The van der Waals surface area contributed by atoms with Gasteiger partial charge in [-0.05, 0) is 42.0 Å². The SMILES string of the molecule is C[C@](C=O)(CN)NC(=O)[C@H](N)CCCN(CC1c2ccccc2-c2ccccc21)C(=O)O. The molecule has 2 aromatic carbocycles. The standard InChI is InChI=1S/C24H30N4O4/c1-24(14-25,15-29)27-22(30)21(26)11-6-12-28(23(31)32)13-20-18-9-4-2-7-16(18)17-8-3-5-10-19(17)20/h2-5,7-10,15,20-21H,6,11-14,25-26H2,1H3,(H,27,30)(H,31,32)/t21-,24-/m1/s1. The highest BCUT2D eigenvalue weighted by atomic mass is 16.4. The van der Waals surface area contributed by atoms with E-state index >= 15 is 0 Å². The minimum Gasteiger partial charge on any atom is -0.465 e. The molecule has 0 fully saturated rings. The maximum atomic E-state index is 12.3. The third-order valence-corrected chi connectivity index (χ3v) is 6.01. The predicted molar refractivity (Wildman–Crippen MR) is 122 cm³/mol. The molecule has 0 spiro atoms. The third kappa shape index (κ3) is 4.98. The number of benzene rings is 2. The number of nitrogens with one attached hydrogen (secondary N) is 1. The summed E-state index contributed by atoms with van der Waals surface area (Å²) >= 11 is 0. The molecule has 8 heteroatoms. The topological polar surface area (TPSA) is 139 Å². The van der Waals surface area contributed by atoms with Crippen molar-refractivity contribution in [1.82, 2.24) is 10.2 Å². The molecule has 6 N–H and O–H groups in total. The van der Waals surface area contributed by atoms with Gasteiger partial charge in [0.2, 0.25) is 5.91 Å². The van der Waals surface area contributed by atoms with Gasteiger partial charge in [0.15, 0.2) is 0 Å². The van der Waals surface area contributed by atoms with Gasteiger partial charge in [0.05, 0.1) is 6.04 Å². The zero-order chi connectivity index (χ0) is 23.3. The van der Waals surface area contributed by atoms with Crippen molar-refractivity contribution in [2.24, 2.45) is 11.5 Å². The van der Waals surface area contributed by atoms with Crippen LogP contribution in [0.1, 0.15) is 36.8 Å². The van der Waals surface area contributed by atoms with Crippen LogP contribution in [0, 0.1) is 0 Å². The molecule has 0 heterocycles. The fourth-order valence-electron chi connectivity index (χ4n) is 4.08. The van der Waals surface area contributed by atoms with Crippen molar-refractivity contribution < 1.29 is 19.5 Å². The number of carboxylic acid groups (broad SMARTS) is 1. The summed E-state index contributed by atoms with van der Waals surface area (Å²) in [6.45, 7) is 2.06. The smallest absolute Gasteiger partial charge is 0.407 e. The molecule has 0 saturated carbocycles. The van der Waals surface area contributed by atoms with Gasteiger partial charge >= 0.3 is 6.09 Å². The van der Waals surface area contributed by atoms with E-state index < -0.39 is 23.6 Å². The molecule has 170 valence electrons. The van der Waals surface area contributed by atoms with E-state index in [1.807, 2.05) is 36.4 Å². The van der Waals surface area contributed by atoms with Gasteiger partial charge in [-0.2, -0.15) is 0 Å². The Morgan fingerprint density at radius 2 is 1.72 bits per heavy atom. The molecule has 0 saturated heterocycles. The van der Waals surface area contributed by atoms with E-state index in [4.69, 9.17) is 11.5 Å². The van der Waals surface area contributed by atoms with E-state index in [2.05, 4.69) is 17.4 Å². The molecule has 2 amide bonds. The molecule has 3 rings (SSSR count). The highest BCUT2D eigenvalue weighted by Crippen LogP contribution is 2.44. The Labute approximate surface area is 187 Å². The van der Waals surface area contributed by atoms with Gasteiger partial charge in [0.1, 0.15) is 11.8 Å². The molecule has 2 atom stereocenters. The fourth-order valence-corrected chi connectivity index (χ4v) is 4.08. The van der Waals surface area contributed by atoms with E-state index in [0.29, 0.717) is 19.3 Å². The monoisotopic (exact) mass is 438 g/mol. The number of fused-ring (bicyclic) bond motifs is 3. The zero-order valence-electron chi connectivity index (χ0n) is 18.2. The lowest BCUT2D eigenvalue weighted by Crippen LogP contribution is -2.56. The van der Waals surface area contributed by atoms with Crippen LogP contribution in [0.25, 0.3) is 11.1 Å². The number of carbonyl (C=O) groups is 3. The number of carbonyl (C=O) groups excluding carboxylic acids is 2. The molecular weight excluding hydrogens is 408 g/mol. The van der Waals surface area contributed by atoms with Gasteiger partial charge in [-0.25, -0.2) is 4.79 Å². The molecule has 1 aliphatic carbocycles. The van der Waals surface area contributed by atoms with Crippen LogP contribution in [0.4, 0.5) is 4.79 Å². The van der Waals surface area contributed by atoms with Crippen molar-refractivity contribution >= 4 is 18.3 Å². The first-order chi connectivity index (χ1) is 15.3. The normalized spacial score (nSPS) is 15.2. The summed E-state index contributed by atoms with van der Waals surface area (Å²) in [7, 11) is 0. The van der Waals surface area contributed by atoms with Crippen LogP contribution < -0.4 is 16.8 Å². The maximum Gasteiger partial charge on any atom is 0.407 e. The fraction of sp³-hybridized carbons (Fsp3) is 0.375. The average Bonchev–Trinajstić information content (AvgIpc) is 3.11. The van der Waals surface area contributed by atoms with Gasteiger partial charge in [-0.15, -0.1) is 0 Å². The lowest BCUT2D eigenvalue weighted by molar-refractivity contribution is -0.127. The summed E-state index contributed by atoms with van der Waals surface area (Å²) in [6, 6.07) is 15.3. The lowest BCUT2D eigenvalue weighted by atomic mass is 9.96. The quantitative estimate of drug-likeness (QED) is 0.418. The van der Waals surface area contributed by atoms with Gasteiger partial charge in [-0.1, -0.05) is 48.5 Å². The number of amides is 2. The van der Waals surface area contributed by atoms with Crippen molar-refractivity contribution in [2.75, 3.05) is 19.6 Å². The van der Waals surface area contributed by atoms with Crippen molar-refractivity contribution in [1.29, 1.82) is 0 Å². The van der Waals surface area contributed by atoms with Crippen LogP contribution in [-0.4, -0.2) is 59.5 Å². The second-order valence-corrected chi connectivity index (χ2v) is 8.43. The van der Waals surface area contributed by atoms with Crippen LogP contribution in [0.3, 0.4) is 0 Å². The highest BCUT2D eigenvalue weighted by molar-refractivity contribution is 5.85. The summed E-state index contributed by atoms with van der Waals surface area (Å²) in [6.07, 6.45) is 0.271. The first-order valence-corrected chi connectivity index (χ1v) is 10.7. The predicted octanol–water partition coefficient (Wildman–Crippen LogP) is 1.92. The Bertz CT molecular complexity index is 950. The number of hydrogen-bond acceptors (Lipinski definition) is 5. The van der Waals surface area contributed by atoms with Crippen molar-refractivity contribution in [2.45, 2.75) is 37.3 Å². The van der Waals surface area contributed by atoms with Gasteiger partial charge in [-0.3, -0.25) is 4.79 Å². The van der Waals surface area contributed by atoms with Crippen LogP contribution in [0.15, 0.2) is 48.5 Å². The van der Waals surface area contributed by atoms with Gasteiger partial charge in [0.25, 0.3) is 0 Å². The summed E-state index contributed by atoms with van der Waals surface area (Å²) < 4.78 is 0. The van der Waals surface area contributed by atoms with Crippen LogP contribution in [-0.2, 0) is 9.59 Å². The van der Waals surface area contributed by atoms with Crippen LogP contribution >= 0.6 is 0 Å². The maximum absolute atomic E-state index is 12.3. The molecule has 0 aliphatic heterocycles. The molecule has 0 bridgehead atoms. The average molecular weight is 439 g/mol. The minimum absolute atomic E-state index is 0.0356. The number of rotatable bonds is 10. The Kier molecular flexibility index (Phi) is 7.27. The van der Waals surface area contributed by atoms with Crippen molar-refractivity contribution in [3.8, 4) is 11.1 Å². The number of nitrogens with two attached hydrogens (primary N) is 2. The number of hydrogen-bond donors (Lipinski definition) is 4. The molecular formula is C24H30N4O4. The number of aldehydes is 1. The molecule has 1 aliphatic rings. The summed E-state index contributed by atoms with van der Waals surface area (Å²) in [5.41, 5.74) is 14.8. The van der Waals surface area contributed by atoms with Crippen molar-refractivity contribution in [3.05, 3.63) is 59.7 Å². The molecule has 0 radical (unpaired) electrons. The van der Waals surface area contributed by atoms with Crippen LogP contribution in [0.2, 0.25) is 0 Å². The van der Waals surface area contributed by atoms with E-state index in [9.17, 15) is 19.5 Å². The summed E-state index contributed by atoms with van der Waals surface area (Å²) in [4.78, 5) is 36.7. The summed E-state index contributed by atoms with van der Waals surface area (Å²) in [5.74, 6) is -0.529. The minimum atomic E-state index is -1.16. The van der Waals surface area contributed by atoms with E-state index in [-0.39, 0.29) is 25.4 Å². The van der Waals surface area contributed by atoms with E-state index in [0.717, 1.165) is 22.3 Å². The summed E-state index contributed by atoms with van der Waals surface area (Å²) in [5, 5.41) is 12.3. The molecule has 0 aromatic heterocycles. The first-order valence-electron chi connectivity index (χ1n) is 10.7. The molecule has 2 aromatic rings. The Hall–Kier alpha value is -3.23. The zero-order valence-corrected chi connectivity index (χ0v) is 18.2. The molecule has 32 heavy (non-hydrogen) atoms. The second-order valence-electron chi connectivity index (χ2n) is 8.43. The molecule has 0 unspecified atom stereocenters. The van der Waals surface area contributed by atoms with Gasteiger partial charge < -0.3 is 31.6 Å². The van der Waals surface area contributed by atoms with Crippen molar-refractivity contribution in [3.63, 3.8) is 0 Å². The largest absolute Gasteiger partial charge is 0.465 e. The molecule has 8 nitrogen and oxygen atoms in total. The number of nitrogens with zero attached hydrogens (tertiary/aromatic N) is 1. The van der Waals surface area contributed by atoms with E-state index in [1.54, 1.807) is 0 Å². The second kappa shape index (κ2) is 9.93. The van der Waals surface area contributed by atoms with Gasteiger partial charge in [0, 0.05) is 25.6 Å². The van der Waals surface area contributed by atoms with E-state index in [1.165, 1.54) is 11.8 Å². The lowest BCUT2D eigenvalue weighted by Gasteiger charge is -2.26. The third-order valence-electron chi connectivity index (χ3n) is 6.01. The van der Waals surface area contributed by atoms with Crippen LogP contribution in [0.5, 0.6) is 0 Å².